The van der Waals surface area contributed by atoms with Gasteiger partial charge >= 0.3 is 7.60 Å². The van der Waals surface area contributed by atoms with Gasteiger partial charge in [-0.3, -0.25) is 0 Å². The van der Waals surface area contributed by atoms with E-state index in [4.69, 9.17) is 20.6 Å². The first-order valence-corrected chi connectivity index (χ1v) is 12.1. The summed E-state index contributed by atoms with van der Waals surface area (Å²) in [5, 5.41) is 2.94. The fourth-order valence-corrected chi connectivity index (χ4v) is 6.90. The lowest BCUT2D eigenvalue weighted by Crippen LogP contribution is -2.15. The van der Waals surface area contributed by atoms with Crippen LogP contribution >= 0.6 is 30.5 Å². The van der Waals surface area contributed by atoms with E-state index in [1.807, 2.05) is 66.7 Å². The molecule has 0 saturated heterocycles. The van der Waals surface area contributed by atoms with Crippen molar-refractivity contribution in [1.82, 2.24) is 0 Å². The minimum Gasteiger partial charge on any atom is -0.413 e. The molecule has 0 atom stereocenters. The van der Waals surface area contributed by atoms with Gasteiger partial charge in [-0.2, -0.15) is 0 Å². The standard InChI is InChI=1S/C24H16ClO3PS/c25-17-15-21-20-13-7-8-14-23(20)30-24(21)22(16-17)29(26,27-18-9-3-1-4-10-18)28-19-11-5-2-6-12-19/h1-16H. The Morgan fingerprint density at radius 3 is 1.90 bits per heavy atom. The SMILES string of the molecule is O=P(Oc1ccccc1)(Oc1ccccc1)c1cc(Cl)cc2c1sc1ccccc12. The molecular weight excluding hydrogens is 435 g/mol. The second-order valence-corrected chi connectivity index (χ2v) is 10.0. The minimum absolute atomic E-state index is 0.457. The molecule has 0 bridgehead atoms. The Bertz CT molecular complexity index is 1340. The molecule has 0 saturated carbocycles. The van der Waals surface area contributed by atoms with E-state index in [2.05, 4.69) is 0 Å². The summed E-state index contributed by atoms with van der Waals surface area (Å²) in [6.07, 6.45) is 0. The van der Waals surface area contributed by atoms with Gasteiger partial charge in [0.1, 0.15) is 16.8 Å². The fourth-order valence-electron chi connectivity index (χ4n) is 3.34. The fraction of sp³-hybridized carbons (Fsp3) is 0. The third kappa shape index (κ3) is 3.59. The van der Waals surface area contributed by atoms with Crippen molar-refractivity contribution in [2.75, 3.05) is 0 Å². The number of fused-ring (bicyclic) bond motifs is 3. The van der Waals surface area contributed by atoms with Crippen LogP contribution in [0.3, 0.4) is 0 Å². The maximum Gasteiger partial charge on any atom is 0.464 e. The van der Waals surface area contributed by atoms with E-state index >= 15 is 0 Å². The van der Waals surface area contributed by atoms with Crippen molar-refractivity contribution < 1.29 is 13.6 Å². The summed E-state index contributed by atoms with van der Waals surface area (Å²) >= 11 is 8.02. The van der Waals surface area contributed by atoms with Gasteiger partial charge < -0.3 is 9.05 Å². The van der Waals surface area contributed by atoms with Gasteiger partial charge in [0.05, 0.1) is 4.70 Å². The number of hydrogen-bond acceptors (Lipinski definition) is 4. The van der Waals surface area contributed by atoms with Crippen LogP contribution in [0.25, 0.3) is 20.2 Å². The smallest absolute Gasteiger partial charge is 0.413 e. The van der Waals surface area contributed by atoms with Gasteiger partial charge in [-0.05, 0) is 42.5 Å². The molecule has 1 aromatic heterocycles. The molecule has 5 aromatic rings. The van der Waals surface area contributed by atoms with Crippen LogP contribution in [0, 0.1) is 0 Å². The number of halogens is 1. The monoisotopic (exact) mass is 450 g/mol. The topological polar surface area (TPSA) is 35.5 Å². The zero-order valence-corrected chi connectivity index (χ0v) is 18.2. The summed E-state index contributed by atoms with van der Waals surface area (Å²) in [7, 11) is -3.82. The zero-order valence-electron chi connectivity index (χ0n) is 15.7. The molecule has 0 N–H and O–H groups in total. The molecule has 4 aromatic carbocycles. The molecule has 1 heterocycles. The average Bonchev–Trinajstić information content (AvgIpc) is 3.13. The molecule has 148 valence electrons. The Morgan fingerprint density at radius 1 is 0.700 bits per heavy atom. The second-order valence-electron chi connectivity index (χ2n) is 6.71. The van der Waals surface area contributed by atoms with Gasteiger partial charge in [0.25, 0.3) is 0 Å². The molecule has 0 aliphatic heterocycles. The molecule has 0 fully saturated rings. The highest BCUT2D eigenvalue weighted by atomic mass is 35.5. The number of thiophene rings is 1. The number of para-hydroxylation sites is 2. The second kappa shape index (κ2) is 7.81. The molecule has 30 heavy (non-hydrogen) atoms. The van der Waals surface area contributed by atoms with Gasteiger partial charge in [0, 0.05) is 20.5 Å². The molecule has 0 aliphatic rings. The lowest BCUT2D eigenvalue weighted by atomic mass is 10.1. The van der Waals surface area contributed by atoms with Crippen LogP contribution in [0.1, 0.15) is 0 Å². The highest BCUT2D eigenvalue weighted by Gasteiger charge is 2.35. The molecule has 0 aliphatic carbocycles. The van der Waals surface area contributed by atoms with Crippen molar-refractivity contribution in [3.8, 4) is 11.5 Å². The van der Waals surface area contributed by atoms with Gasteiger partial charge in [-0.25, -0.2) is 4.57 Å². The first-order chi connectivity index (χ1) is 14.6. The maximum atomic E-state index is 14.3. The van der Waals surface area contributed by atoms with Crippen molar-refractivity contribution in [3.05, 3.63) is 102 Å². The first-order valence-electron chi connectivity index (χ1n) is 9.33. The van der Waals surface area contributed by atoms with E-state index in [1.165, 1.54) is 0 Å². The van der Waals surface area contributed by atoms with Crippen LogP contribution in [0.15, 0.2) is 97.1 Å². The number of benzene rings is 4. The number of rotatable bonds is 5. The lowest BCUT2D eigenvalue weighted by molar-refractivity contribution is 0.399. The van der Waals surface area contributed by atoms with E-state index in [1.54, 1.807) is 41.7 Å². The zero-order chi connectivity index (χ0) is 20.6. The van der Waals surface area contributed by atoms with E-state index in [9.17, 15) is 4.57 Å². The predicted octanol–water partition coefficient (Wildman–Crippen LogP) is 7.68. The highest BCUT2D eigenvalue weighted by Crippen LogP contribution is 2.51. The van der Waals surface area contributed by atoms with E-state index in [0.29, 0.717) is 21.8 Å². The molecule has 0 spiro atoms. The van der Waals surface area contributed by atoms with Gasteiger partial charge in [0.15, 0.2) is 0 Å². The van der Waals surface area contributed by atoms with Crippen LogP contribution in [-0.4, -0.2) is 0 Å². The normalized spacial score (nSPS) is 11.6. The molecule has 5 rings (SSSR count). The third-order valence-electron chi connectivity index (χ3n) is 4.66. The van der Waals surface area contributed by atoms with Crippen molar-refractivity contribution in [2.45, 2.75) is 0 Å². The summed E-state index contributed by atoms with van der Waals surface area (Å²) in [4.78, 5) is 0. The van der Waals surface area contributed by atoms with E-state index in [-0.39, 0.29) is 0 Å². The predicted molar refractivity (Wildman–Crippen MR) is 126 cm³/mol. The average molecular weight is 451 g/mol. The minimum atomic E-state index is -3.82. The van der Waals surface area contributed by atoms with Crippen LogP contribution in [0.5, 0.6) is 11.5 Å². The Morgan fingerprint density at radius 2 is 1.27 bits per heavy atom. The highest BCUT2D eigenvalue weighted by molar-refractivity contribution is 7.64. The molecular formula is C24H16ClO3PS. The van der Waals surface area contributed by atoms with Crippen LogP contribution in [0.4, 0.5) is 0 Å². The van der Waals surface area contributed by atoms with Crippen molar-refractivity contribution in [3.63, 3.8) is 0 Å². The summed E-state index contributed by atoms with van der Waals surface area (Å²) in [5.41, 5.74) is 0. The van der Waals surface area contributed by atoms with Crippen molar-refractivity contribution >= 4 is 56.0 Å². The van der Waals surface area contributed by atoms with Crippen molar-refractivity contribution in [1.29, 1.82) is 0 Å². The maximum absolute atomic E-state index is 14.3. The Hall–Kier alpha value is -2.78. The lowest BCUT2D eigenvalue weighted by Gasteiger charge is -2.21. The first kappa shape index (κ1) is 19.2. The third-order valence-corrected chi connectivity index (χ3v) is 8.09. The van der Waals surface area contributed by atoms with Crippen LogP contribution < -0.4 is 14.4 Å². The Balaban J connectivity index is 1.74. The van der Waals surface area contributed by atoms with Crippen molar-refractivity contribution in [2.24, 2.45) is 0 Å². The molecule has 6 heteroatoms. The summed E-state index contributed by atoms with van der Waals surface area (Å²) < 4.78 is 28.3. The summed E-state index contributed by atoms with van der Waals surface area (Å²) in [5.74, 6) is 0.928. The molecule has 0 amide bonds. The Labute approximate surface area is 183 Å². The largest absolute Gasteiger partial charge is 0.464 e. The quantitative estimate of drug-likeness (QED) is 0.257. The molecule has 3 nitrogen and oxygen atoms in total. The number of hydrogen-bond donors (Lipinski definition) is 0. The van der Waals surface area contributed by atoms with Gasteiger partial charge in [-0.1, -0.05) is 66.2 Å². The summed E-state index contributed by atoms with van der Waals surface area (Å²) in [6.45, 7) is 0. The molecule has 0 unspecified atom stereocenters. The van der Waals surface area contributed by atoms with Gasteiger partial charge in [-0.15, -0.1) is 11.3 Å². The molecule has 0 radical (unpaired) electrons. The van der Waals surface area contributed by atoms with Crippen LogP contribution in [0.2, 0.25) is 5.02 Å². The van der Waals surface area contributed by atoms with Gasteiger partial charge in [0.2, 0.25) is 0 Å². The van der Waals surface area contributed by atoms with Crippen LogP contribution in [-0.2, 0) is 4.57 Å². The van der Waals surface area contributed by atoms with E-state index < -0.39 is 7.60 Å². The Kier molecular flexibility index (Phi) is 5.00. The summed E-state index contributed by atoms with van der Waals surface area (Å²) in [6, 6.07) is 29.7. The van der Waals surface area contributed by atoms with E-state index in [0.717, 1.165) is 20.2 Å².